The summed E-state index contributed by atoms with van der Waals surface area (Å²) in [5.41, 5.74) is 1.20. The van der Waals surface area contributed by atoms with E-state index in [1.54, 1.807) is 30.3 Å². The molecule has 3 aromatic carbocycles. The molecule has 0 fully saturated rings. The van der Waals surface area contributed by atoms with Gasteiger partial charge in [-0.1, -0.05) is 52.3 Å². The van der Waals surface area contributed by atoms with Crippen LogP contribution >= 0.6 is 15.9 Å². The Morgan fingerprint density at radius 3 is 2.36 bits per heavy atom. The van der Waals surface area contributed by atoms with Gasteiger partial charge in [-0.25, -0.2) is 8.78 Å². The van der Waals surface area contributed by atoms with Crippen LogP contribution in [0.1, 0.15) is 17.5 Å². The maximum atomic E-state index is 14.5. The first kappa shape index (κ1) is 18.3. The van der Waals surface area contributed by atoms with E-state index >= 15 is 0 Å². The molecule has 0 saturated carbocycles. The summed E-state index contributed by atoms with van der Waals surface area (Å²) in [6, 6.07) is 19.1. The van der Waals surface area contributed by atoms with Gasteiger partial charge in [0.15, 0.2) is 0 Å². The van der Waals surface area contributed by atoms with Gasteiger partial charge in [-0.15, -0.1) is 10.2 Å². The van der Waals surface area contributed by atoms with Crippen LogP contribution in [0.3, 0.4) is 0 Å². The zero-order chi connectivity index (χ0) is 19.5. The van der Waals surface area contributed by atoms with Crippen LogP contribution in [0.15, 0.2) is 81.7 Å². The summed E-state index contributed by atoms with van der Waals surface area (Å²) in [4.78, 5) is 0. The van der Waals surface area contributed by atoms with Gasteiger partial charge in [0, 0.05) is 15.6 Å². The smallest absolute Gasteiger partial charge is 0.247 e. The van der Waals surface area contributed by atoms with E-state index in [0.717, 1.165) is 5.56 Å². The molecule has 1 N–H and O–H groups in total. The fourth-order valence-corrected chi connectivity index (χ4v) is 3.13. The quantitative estimate of drug-likeness (QED) is 0.413. The molecule has 0 spiro atoms. The summed E-state index contributed by atoms with van der Waals surface area (Å²) in [5, 5.41) is 11.1. The van der Waals surface area contributed by atoms with E-state index in [1.165, 1.54) is 12.1 Å². The summed E-state index contributed by atoms with van der Waals surface area (Å²) in [6.07, 6.45) is 0. The molecule has 0 radical (unpaired) electrons. The summed E-state index contributed by atoms with van der Waals surface area (Å²) in [6.45, 7) is 0. The molecule has 4 nitrogen and oxygen atoms in total. The highest BCUT2D eigenvalue weighted by Gasteiger charge is 2.25. The van der Waals surface area contributed by atoms with Gasteiger partial charge in [0.25, 0.3) is 0 Å². The molecule has 1 heterocycles. The number of aromatic nitrogens is 2. The number of anilines is 1. The molecule has 7 heteroatoms. The molecule has 0 saturated heterocycles. The van der Waals surface area contributed by atoms with Crippen molar-refractivity contribution in [1.82, 2.24) is 10.2 Å². The van der Waals surface area contributed by atoms with Crippen molar-refractivity contribution in [2.45, 2.75) is 6.04 Å². The SMILES string of the molecule is Fc1cc(Br)ccc1NC(c1nnc(-c2ccccc2)o1)c1ccccc1F. The predicted octanol–water partition coefficient (Wildman–Crippen LogP) is 5.98. The standard InChI is InChI=1S/C21H14BrF2N3O/c22-14-10-11-18(17(24)12-14)25-19(15-8-4-5-9-16(15)23)21-27-26-20(28-21)13-6-2-1-3-7-13/h1-12,19,25H. The Balaban J connectivity index is 1.76. The lowest BCUT2D eigenvalue weighted by atomic mass is 10.1. The molecule has 0 aliphatic rings. The van der Waals surface area contributed by atoms with Crippen LogP contribution in [0.4, 0.5) is 14.5 Å². The Kier molecular flexibility index (Phi) is 5.16. The highest BCUT2D eigenvalue weighted by Crippen LogP contribution is 2.31. The first-order valence-electron chi connectivity index (χ1n) is 8.46. The van der Waals surface area contributed by atoms with Crippen molar-refractivity contribution in [2.24, 2.45) is 0 Å². The maximum Gasteiger partial charge on any atom is 0.247 e. The van der Waals surface area contributed by atoms with Crippen LogP contribution < -0.4 is 5.32 Å². The highest BCUT2D eigenvalue weighted by molar-refractivity contribution is 9.10. The van der Waals surface area contributed by atoms with Crippen LogP contribution in [0.2, 0.25) is 0 Å². The van der Waals surface area contributed by atoms with E-state index < -0.39 is 17.7 Å². The molecular weight excluding hydrogens is 428 g/mol. The summed E-state index contributed by atoms with van der Waals surface area (Å²) in [5.74, 6) is -0.517. The van der Waals surface area contributed by atoms with Crippen molar-refractivity contribution < 1.29 is 13.2 Å². The monoisotopic (exact) mass is 441 g/mol. The van der Waals surface area contributed by atoms with Crippen LogP contribution in [-0.2, 0) is 0 Å². The second-order valence-electron chi connectivity index (χ2n) is 6.03. The molecule has 0 aliphatic carbocycles. The lowest BCUT2D eigenvalue weighted by Gasteiger charge is -2.18. The van der Waals surface area contributed by atoms with Gasteiger partial charge in [0.05, 0.1) is 5.69 Å². The topological polar surface area (TPSA) is 51.0 Å². The number of nitrogens with one attached hydrogen (secondary N) is 1. The van der Waals surface area contributed by atoms with Crippen molar-refractivity contribution in [3.05, 3.63) is 100 Å². The van der Waals surface area contributed by atoms with E-state index in [1.807, 2.05) is 30.3 Å². The Morgan fingerprint density at radius 2 is 1.61 bits per heavy atom. The highest BCUT2D eigenvalue weighted by atomic mass is 79.9. The number of hydrogen-bond donors (Lipinski definition) is 1. The third-order valence-electron chi connectivity index (χ3n) is 4.16. The molecule has 1 aromatic heterocycles. The van der Waals surface area contributed by atoms with Gasteiger partial charge in [0.2, 0.25) is 11.8 Å². The maximum absolute atomic E-state index is 14.5. The molecule has 1 unspecified atom stereocenters. The van der Waals surface area contributed by atoms with Crippen LogP contribution in [0.25, 0.3) is 11.5 Å². The zero-order valence-corrected chi connectivity index (χ0v) is 16.0. The van der Waals surface area contributed by atoms with E-state index in [0.29, 0.717) is 10.4 Å². The number of halogens is 3. The minimum Gasteiger partial charge on any atom is -0.418 e. The molecule has 0 aliphatic heterocycles. The third kappa shape index (κ3) is 3.80. The summed E-state index contributed by atoms with van der Waals surface area (Å²) >= 11 is 3.22. The Bertz CT molecular complexity index is 1100. The number of nitrogens with zero attached hydrogens (tertiary/aromatic N) is 2. The van der Waals surface area contributed by atoms with Crippen molar-refractivity contribution in [3.8, 4) is 11.5 Å². The molecule has 4 rings (SSSR count). The molecule has 0 amide bonds. The average molecular weight is 442 g/mol. The van der Waals surface area contributed by atoms with Gasteiger partial charge >= 0.3 is 0 Å². The van der Waals surface area contributed by atoms with Crippen molar-refractivity contribution in [3.63, 3.8) is 0 Å². The molecule has 140 valence electrons. The van der Waals surface area contributed by atoms with Crippen LogP contribution in [0.5, 0.6) is 0 Å². The van der Waals surface area contributed by atoms with Crippen molar-refractivity contribution in [1.29, 1.82) is 0 Å². The average Bonchev–Trinajstić information content (AvgIpc) is 3.19. The Hall–Kier alpha value is -3.06. The minimum absolute atomic E-state index is 0.131. The van der Waals surface area contributed by atoms with E-state index in [4.69, 9.17) is 4.42 Å². The van der Waals surface area contributed by atoms with E-state index in [-0.39, 0.29) is 17.1 Å². The Morgan fingerprint density at radius 1 is 0.857 bits per heavy atom. The predicted molar refractivity (Wildman–Crippen MR) is 106 cm³/mol. The number of rotatable bonds is 5. The summed E-state index contributed by atoms with van der Waals surface area (Å²) in [7, 11) is 0. The second kappa shape index (κ2) is 7.90. The third-order valence-corrected chi connectivity index (χ3v) is 4.65. The van der Waals surface area contributed by atoms with Gasteiger partial charge < -0.3 is 9.73 Å². The lowest BCUT2D eigenvalue weighted by molar-refractivity contribution is 0.484. The molecule has 4 aromatic rings. The largest absolute Gasteiger partial charge is 0.418 e. The van der Waals surface area contributed by atoms with Gasteiger partial charge in [-0.3, -0.25) is 0 Å². The number of hydrogen-bond acceptors (Lipinski definition) is 4. The number of benzene rings is 3. The Labute approximate surface area is 168 Å². The van der Waals surface area contributed by atoms with E-state index in [9.17, 15) is 8.78 Å². The first-order valence-corrected chi connectivity index (χ1v) is 9.26. The van der Waals surface area contributed by atoms with Crippen molar-refractivity contribution in [2.75, 3.05) is 5.32 Å². The fourth-order valence-electron chi connectivity index (χ4n) is 2.79. The normalized spacial score (nSPS) is 12.0. The summed E-state index contributed by atoms with van der Waals surface area (Å²) < 4.78 is 35.2. The zero-order valence-electron chi connectivity index (χ0n) is 14.4. The fraction of sp³-hybridized carbons (Fsp3) is 0.0476. The second-order valence-corrected chi connectivity index (χ2v) is 6.95. The van der Waals surface area contributed by atoms with Gasteiger partial charge in [0.1, 0.15) is 17.7 Å². The minimum atomic E-state index is -0.859. The van der Waals surface area contributed by atoms with Gasteiger partial charge in [-0.05, 0) is 36.4 Å². The molecule has 0 bridgehead atoms. The van der Waals surface area contributed by atoms with Crippen LogP contribution in [0, 0.1) is 11.6 Å². The van der Waals surface area contributed by atoms with Gasteiger partial charge in [-0.2, -0.15) is 0 Å². The van der Waals surface area contributed by atoms with Crippen LogP contribution in [-0.4, -0.2) is 10.2 Å². The van der Waals surface area contributed by atoms with Crippen molar-refractivity contribution >= 4 is 21.6 Å². The first-order chi connectivity index (χ1) is 13.6. The lowest BCUT2D eigenvalue weighted by Crippen LogP contribution is -2.15. The molecule has 28 heavy (non-hydrogen) atoms. The van der Waals surface area contributed by atoms with E-state index in [2.05, 4.69) is 31.4 Å². The molecule has 1 atom stereocenters. The molecular formula is C21H14BrF2N3O.